The van der Waals surface area contributed by atoms with Crippen LogP contribution in [-0.2, 0) is 17.7 Å². The molecule has 0 spiro atoms. The Bertz CT molecular complexity index is 969. The second-order valence-electron chi connectivity index (χ2n) is 6.27. The summed E-state index contributed by atoms with van der Waals surface area (Å²) in [5.74, 6) is 0.419. The lowest BCUT2D eigenvalue weighted by Gasteiger charge is -2.11. The van der Waals surface area contributed by atoms with Gasteiger partial charge in [0.25, 0.3) is 0 Å². The van der Waals surface area contributed by atoms with Crippen molar-refractivity contribution < 1.29 is 14.3 Å². The zero-order chi connectivity index (χ0) is 20.6. The Balaban J connectivity index is 1.67. The number of ether oxygens (including phenoxy) is 2. The number of anilines is 1. The third kappa shape index (κ3) is 5.79. The van der Waals surface area contributed by atoms with Gasteiger partial charge in [0.2, 0.25) is 0 Å². The van der Waals surface area contributed by atoms with Crippen molar-refractivity contribution in [1.82, 2.24) is 5.32 Å². The number of benzene rings is 2. The van der Waals surface area contributed by atoms with Crippen LogP contribution in [0.25, 0.3) is 0 Å². The highest BCUT2D eigenvalue weighted by molar-refractivity contribution is 7.80. The number of nitrogens with one attached hydrogen (secondary N) is 2. The molecule has 2 N–H and O–H groups in total. The molecule has 1 heterocycles. The van der Waals surface area contributed by atoms with E-state index in [0.29, 0.717) is 22.2 Å². The molecule has 0 aliphatic carbocycles. The van der Waals surface area contributed by atoms with Crippen LogP contribution < -0.4 is 15.4 Å². The average molecular weight is 427 g/mol. The summed E-state index contributed by atoms with van der Waals surface area (Å²) < 4.78 is 10.1. The number of carbonyl (C=O) groups excluding carboxylic acids is 1. The van der Waals surface area contributed by atoms with Crippen molar-refractivity contribution in [2.75, 3.05) is 19.5 Å². The number of thiocarbonyl (C=S) groups is 1. The minimum atomic E-state index is -0.388. The first kappa shape index (κ1) is 20.8. The molecule has 0 radical (unpaired) electrons. The van der Waals surface area contributed by atoms with Gasteiger partial charge >= 0.3 is 5.97 Å². The molecule has 29 heavy (non-hydrogen) atoms. The minimum absolute atomic E-state index is 0.388. The third-order valence-electron chi connectivity index (χ3n) is 4.25. The van der Waals surface area contributed by atoms with E-state index in [1.165, 1.54) is 24.0 Å². The van der Waals surface area contributed by atoms with E-state index < -0.39 is 0 Å². The Kier molecular flexibility index (Phi) is 7.21. The van der Waals surface area contributed by atoms with Crippen molar-refractivity contribution in [2.45, 2.75) is 13.0 Å². The second kappa shape index (κ2) is 10.0. The molecule has 1 aromatic heterocycles. The zero-order valence-corrected chi connectivity index (χ0v) is 17.9. The highest BCUT2D eigenvalue weighted by atomic mass is 32.1. The van der Waals surface area contributed by atoms with Gasteiger partial charge in [-0.05, 0) is 41.5 Å². The number of thiophene rings is 1. The molecule has 5 nitrogen and oxygen atoms in total. The first-order chi connectivity index (χ1) is 14.1. The second-order valence-corrected chi connectivity index (χ2v) is 7.81. The molecule has 0 fully saturated rings. The molecule has 3 aromatic rings. The van der Waals surface area contributed by atoms with Gasteiger partial charge in [-0.3, -0.25) is 0 Å². The summed E-state index contributed by atoms with van der Waals surface area (Å²) in [6, 6.07) is 19.7. The van der Waals surface area contributed by atoms with Crippen LogP contribution in [0, 0.1) is 0 Å². The van der Waals surface area contributed by atoms with Crippen LogP contribution in [0.5, 0.6) is 5.75 Å². The summed E-state index contributed by atoms with van der Waals surface area (Å²) in [4.78, 5) is 13.2. The van der Waals surface area contributed by atoms with Crippen LogP contribution in [0.1, 0.15) is 26.4 Å². The fourth-order valence-corrected chi connectivity index (χ4v) is 4.08. The lowest BCUT2D eigenvalue weighted by Crippen LogP contribution is -2.28. The summed E-state index contributed by atoms with van der Waals surface area (Å²) in [5.41, 5.74) is 2.73. The first-order valence-electron chi connectivity index (χ1n) is 9.01. The zero-order valence-electron chi connectivity index (χ0n) is 16.2. The van der Waals surface area contributed by atoms with Crippen molar-refractivity contribution in [3.8, 4) is 5.75 Å². The molecule has 0 saturated heterocycles. The van der Waals surface area contributed by atoms with Gasteiger partial charge in [-0.15, -0.1) is 11.3 Å². The average Bonchev–Trinajstić information content (AvgIpc) is 3.14. The van der Waals surface area contributed by atoms with Crippen LogP contribution in [-0.4, -0.2) is 25.3 Å². The number of esters is 1. The van der Waals surface area contributed by atoms with Crippen molar-refractivity contribution >= 4 is 39.6 Å². The minimum Gasteiger partial charge on any atom is -0.497 e. The molecule has 0 bridgehead atoms. The molecule has 3 rings (SSSR count). The van der Waals surface area contributed by atoms with Crippen LogP contribution >= 0.6 is 23.6 Å². The van der Waals surface area contributed by atoms with E-state index in [-0.39, 0.29) is 5.97 Å². The molecule has 150 valence electrons. The van der Waals surface area contributed by atoms with E-state index in [4.69, 9.17) is 21.7 Å². The van der Waals surface area contributed by atoms with Crippen LogP contribution in [0.2, 0.25) is 0 Å². The Hall–Kier alpha value is -2.90. The molecular weight excluding hydrogens is 404 g/mol. The predicted molar refractivity (Wildman–Crippen MR) is 121 cm³/mol. The summed E-state index contributed by atoms with van der Waals surface area (Å²) in [7, 11) is 3.01. The lowest BCUT2D eigenvalue weighted by atomic mass is 10.1. The lowest BCUT2D eigenvalue weighted by molar-refractivity contribution is 0.0602. The monoisotopic (exact) mass is 426 g/mol. The molecule has 2 aromatic carbocycles. The smallest absolute Gasteiger partial charge is 0.340 e. The van der Waals surface area contributed by atoms with Crippen molar-refractivity contribution in [3.63, 3.8) is 0 Å². The standard InChI is InChI=1S/C22H22N2O3S2/c1-26-17-10-8-16(9-11-17)14-23-22(28)24-20-19(21(25)27-2)13-18(29-20)12-15-6-4-3-5-7-15/h3-11,13H,12,14H2,1-2H3,(H2,23,24,28). The molecule has 0 aliphatic rings. The maximum Gasteiger partial charge on any atom is 0.340 e. The Morgan fingerprint density at radius 3 is 2.41 bits per heavy atom. The fraction of sp³-hybridized carbons (Fsp3) is 0.182. The van der Waals surface area contributed by atoms with Crippen molar-refractivity contribution in [1.29, 1.82) is 0 Å². The van der Waals surface area contributed by atoms with E-state index in [1.54, 1.807) is 7.11 Å². The number of hydrogen-bond acceptors (Lipinski definition) is 5. The first-order valence-corrected chi connectivity index (χ1v) is 10.2. The predicted octanol–water partition coefficient (Wildman–Crippen LogP) is 4.62. The van der Waals surface area contributed by atoms with Crippen LogP contribution in [0.3, 0.4) is 0 Å². The SMILES string of the molecule is COC(=O)c1cc(Cc2ccccc2)sc1NC(=S)NCc1ccc(OC)cc1. The van der Waals surface area contributed by atoms with Gasteiger partial charge in [0.05, 0.1) is 19.8 Å². The summed E-state index contributed by atoms with van der Waals surface area (Å²) in [5, 5.41) is 7.42. The van der Waals surface area contributed by atoms with Crippen molar-refractivity contribution in [2.24, 2.45) is 0 Å². The molecule has 0 saturated carbocycles. The molecule has 7 heteroatoms. The molecule has 0 unspecified atom stereocenters. The Morgan fingerprint density at radius 2 is 1.76 bits per heavy atom. The Morgan fingerprint density at radius 1 is 1.03 bits per heavy atom. The largest absolute Gasteiger partial charge is 0.497 e. The number of hydrogen-bond donors (Lipinski definition) is 2. The van der Waals surface area contributed by atoms with E-state index in [9.17, 15) is 4.79 Å². The van der Waals surface area contributed by atoms with Gasteiger partial charge in [0.15, 0.2) is 5.11 Å². The van der Waals surface area contributed by atoms with Gasteiger partial charge in [-0.2, -0.15) is 0 Å². The molecular formula is C22H22N2O3S2. The van der Waals surface area contributed by atoms with E-state index in [2.05, 4.69) is 22.8 Å². The number of methoxy groups -OCH3 is 2. The highest BCUT2D eigenvalue weighted by Crippen LogP contribution is 2.30. The highest BCUT2D eigenvalue weighted by Gasteiger charge is 2.18. The van der Waals surface area contributed by atoms with E-state index >= 15 is 0 Å². The number of rotatable bonds is 7. The normalized spacial score (nSPS) is 10.3. The Labute approximate surface area is 179 Å². The van der Waals surface area contributed by atoms with Gasteiger partial charge < -0.3 is 20.1 Å². The quantitative estimate of drug-likeness (QED) is 0.425. The van der Waals surface area contributed by atoms with E-state index in [1.807, 2.05) is 48.5 Å². The van der Waals surface area contributed by atoms with Gasteiger partial charge in [0, 0.05) is 17.8 Å². The van der Waals surface area contributed by atoms with Crippen LogP contribution in [0.15, 0.2) is 60.7 Å². The van der Waals surface area contributed by atoms with E-state index in [0.717, 1.165) is 22.6 Å². The van der Waals surface area contributed by atoms with Gasteiger partial charge in [-0.25, -0.2) is 4.79 Å². The summed E-state index contributed by atoms with van der Waals surface area (Å²) in [6.45, 7) is 0.561. The molecule has 0 atom stereocenters. The topological polar surface area (TPSA) is 59.6 Å². The molecule has 0 amide bonds. The maximum atomic E-state index is 12.2. The summed E-state index contributed by atoms with van der Waals surface area (Å²) in [6.07, 6.45) is 0.739. The fourth-order valence-electron chi connectivity index (χ4n) is 2.75. The van der Waals surface area contributed by atoms with Gasteiger partial charge in [-0.1, -0.05) is 42.5 Å². The maximum absolute atomic E-state index is 12.2. The summed E-state index contributed by atoms with van der Waals surface area (Å²) >= 11 is 6.91. The number of carbonyl (C=O) groups is 1. The molecule has 0 aliphatic heterocycles. The van der Waals surface area contributed by atoms with Gasteiger partial charge in [0.1, 0.15) is 10.8 Å². The van der Waals surface area contributed by atoms with Crippen molar-refractivity contribution in [3.05, 3.63) is 82.2 Å². The van der Waals surface area contributed by atoms with Crippen LogP contribution in [0.4, 0.5) is 5.00 Å². The third-order valence-corrected chi connectivity index (χ3v) is 5.55.